The van der Waals surface area contributed by atoms with E-state index in [-0.39, 0.29) is 18.1 Å². The van der Waals surface area contributed by atoms with Gasteiger partial charge in [-0.3, -0.25) is 4.40 Å². The Bertz CT molecular complexity index is 731. The number of hydrogen-bond donors (Lipinski definition) is 2. The van der Waals surface area contributed by atoms with E-state index >= 15 is 0 Å². The first-order valence-corrected chi connectivity index (χ1v) is 8.70. The first-order valence-electron chi connectivity index (χ1n) is 8.70. The second-order valence-corrected chi connectivity index (χ2v) is 6.73. The van der Waals surface area contributed by atoms with E-state index in [1.165, 1.54) is 0 Å². The second-order valence-electron chi connectivity index (χ2n) is 6.73. The Labute approximate surface area is 140 Å². The van der Waals surface area contributed by atoms with Crippen molar-refractivity contribution in [3.8, 4) is 0 Å². The topological polar surface area (TPSA) is 80.5 Å². The molecule has 0 aromatic carbocycles. The zero-order valence-electron chi connectivity index (χ0n) is 13.8. The third kappa shape index (κ3) is 2.84. The van der Waals surface area contributed by atoms with Crippen LogP contribution in [0.25, 0.3) is 5.65 Å². The van der Waals surface area contributed by atoms with Gasteiger partial charge < -0.3 is 15.4 Å². The van der Waals surface area contributed by atoms with E-state index in [1.54, 1.807) is 0 Å². The molecule has 1 saturated carbocycles. The van der Waals surface area contributed by atoms with E-state index < -0.39 is 0 Å². The quantitative estimate of drug-likeness (QED) is 0.903. The smallest absolute Gasteiger partial charge is 0.315 e. The van der Waals surface area contributed by atoms with Gasteiger partial charge in [-0.2, -0.15) is 0 Å². The van der Waals surface area contributed by atoms with Crippen LogP contribution in [0.3, 0.4) is 0 Å². The van der Waals surface area contributed by atoms with Gasteiger partial charge in [0.25, 0.3) is 0 Å². The highest BCUT2D eigenvalue weighted by Crippen LogP contribution is 2.34. The highest BCUT2D eigenvalue weighted by molar-refractivity contribution is 5.74. The molecule has 2 amide bonds. The molecule has 4 rings (SSSR count). The summed E-state index contributed by atoms with van der Waals surface area (Å²) in [5.74, 6) is 1.18. The van der Waals surface area contributed by atoms with Crippen LogP contribution in [0, 0.1) is 5.92 Å². The third-order valence-electron chi connectivity index (χ3n) is 5.17. The number of amides is 2. The monoisotopic (exact) mass is 329 g/mol. The minimum atomic E-state index is -0.221. The number of nitrogens with one attached hydrogen (secondary N) is 2. The van der Waals surface area contributed by atoms with Crippen LogP contribution >= 0.6 is 0 Å². The number of carbonyl (C=O) groups excluding carboxylic acids is 1. The lowest BCUT2D eigenvalue weighted by Gasteiger charge is -2.33. The Morgan fingerprint density at radius 3 is 3.17 bits per heavy atom. The molecular formula is C17H23N5O2. The predicted octanol–water partition coefficient (Wildman–Crippen LogP) is 2.05. The van der Waals surface area contributed by atoms with Gasteiger partial charge in [-0.1, -0.05) is 6.07 Å². The van der Waals surface area contributed by atoms with Crippen LogP contribution in [-0.4, -0.2) is 39.4 Å². The van der Waals surface area contributed by atoms with E-state index in [9.17, 15) is 4.79 Å². The Morgan fingerprint density at radius 1 is 1.33 bits per heavy atom. The first-order chi connectivity index (χ1) is 11.7. The van der Waals surface area contributed by atoms with Crippen molar-refractivity contribution in [1.82, 2.24) is 25.2 Å². The second kappa shape index (κ2) is 6.39. The first kappa shape index (κ1) is 15.4. The molecule has 7 heteroatoms. The van der Waals surface area contributed by atoms with Crippen LogP contribution in [-0.2, 0) is 4.74 Å². The molecule has 0 radical (unpaired) electrons. The van der Waals surface area contributed by atoms with Gasteiger partial charge >= 0.3 is 6.03 Å². The largest absolute Gasteiger partial charge is 0.378 e. The zero-order chi connectivity index (χ0) is 16.5. The van der Waals surface area contributed by atoms with Crippen molar-refractivity contribution in [2.45, 2.75) is 50.8 Å². The summed E-state index contributed by atoms with van der Waals surface area (Å²) in [5.41, 5.74) is 0.778. The highest BCUT2D eigenvalue weighted by Gasteiger charge is 2.38. The fraction of sp³-hybridized carbons (Fsp3) is 0.588. The van der Waals surface area contributed by atoms with E-state index in [2.05, 4.69) is 20.8 Å². The lowest BCUT2D eigenvalue weighted by atomic mass is 9.82. The van der Waals surface area contributed by atoms with Crippen LogP contribution in [0.2, 0.25) is 0 Å². The number of hydrogen-bond acceptors (Lipinski definition) is 4. The molecule has 2 fully saturated rings. The molecule has 3 heterocycles. The minimum Gasteiger partial charge on any atom is -0.378 e. The number of urea groups is 1. The summed E-state index contributed by atoms with van der Waals surface area (Å²) in [4.78, 5) is 12.4. The van der Waals surface area contributed by atoms with Crippen LogP contribution in [0.1, 0.15) is 44.5 Å². The molecule has 128 valence electrons. The van der Waals surface area contributed by atoms with Crippen molar-refractivity contribution in [2.24, 2.45) is 5.92 Å². The number of nitrogens with zero attached hydrogens (tertiary/aromatic N) is 3. The van der Waals surface area contributed by atoms with Crippen molar-refractivity contribution >= 4 is 11.7 Å². The molecule has 2 aromatic rings. The van der Waals surface area contributed by atoms with E-state index in [0.717, 1.165) is 43.8 Å². The van der Waals surface area contributed by atoms with Gasteiger partial charge in [-0.25, -0.2) is 4.79 Å². The maximum atomic E-state index is 12.4. The summed E-state index contributed by atoms with van der Waals surface area (Å²) in [5, 5.41) is 14.5. The minimum absolute atomic E-state index is 0.146. The molecular weight excluding hydrogens is 306 g/mol. The van der Waals surface area contributed by atoms with Gasteiger partial charge in [0.05, 0.1) is 12.1 Å². The normalized spacial score (nSPS) is 27.6. The van der Waals surface area contributed by atoms with Gasteiger partial charge in [0.1, 0.15) is 0 Å². The summed E-state index contributed by atoms with van der Waals surface area (Å²) in [7, 11) is 0. The van der Waals surface area contributed by atoms with Gasteiger partial charge in [-0.15, -0.1) is 10.2 Å². The number of rotatable bonds is 3. The molecule has 7 nitrogen and oxygen atoms in total. The average Bonchev–Trinajstić information content (AvgIpc) is 3.22. The Morgan fingerprint density at radius 2 is 2.25 bits per heavy atom. The fourth-order valence-electron chi connectivity index (χ4n) is 3.98. The fourth-order valence-corrected chi connectivity index (χ4v) is 3.98. The molecule has 0 unspecified atom stereocenters. The molecule has 1 saturated heterocycles. The Balaban J connectivity index is 1.40. The van der Waals surface area contributed by atoms with Gasteiger partial charge in [0, 0.05) is 24.8 Å². The lowest BCUT2D eigenvalue weighted by molar-refractivity contribution is 0.0549. The predicted molar refractivity (Wildman–Crippen MR) is 88.6 cm³/mol. The van der Waals surface area contributed by atoms with Crippen LogP contribution in [0.15, 0.2) is 24.4 Å². The molecule has 2 aromatic heterocycles. The lowest BCUT2D eigenvalue weighted by Crippen LogP contribution is -2.49. The molecule has 1 aliphatic carbocycles. The van der Waals surface area contributed by atoms with Crippen molar-refractivity contribution in [3.63, 3.8) is 0 Å². The molecule has 0 bridgehead atoms. The van der Waals surface area contributed by atoms with Crippen molar-refractivity contribution in [3.05, 3.63) is 30.2 Å². The van der Waals surface area contributed by atoms with Crippen LogP contribution < -0.4 is 10.6 Å². The van der Waals surface area contributed by atoms with Gasteiger partial charge in [-0.05, 0) is 44.7 Å². The summed E-state index contributed by atoms with van der Waals surface area (Å²) in [6, 6.07) is 5.57. The van der Waals surface area contributed by atoms with Crippen LogP contribution in [0.4, 0.5) is 4.79 Å². The number of carbonyl (C=O) groups is 1. The summed E-state index contributed by atoms with van der Waals surface area (Å²) >= 11 is 0. The van der Waals surface area contributed by atoms with Crippen LogP contribution in [0.5, 0.6) is 0 Å². The third-order valence-corrected chi connectivity index (χ3v) is 5.17. The number of aromatic nitrogens is 3. The van der Waals surface area contributed by atoms with E-state index in [4.69, 9.17) is 4.74 Å². The van der Waals surface area contributed by atoms with Gasteiger partial charge in [0.2, 0.25) is 0 Å². The summed E-state index contributed by atoms with van der Waals surface area (Å²) < 4.78 is 7.66. The number of fused-ring (bicyclic) bond motifs is 2. The molecule has 4 atom stereocenters. The maximum absolute atomic E-state index is 12.4. The molecule has 2 aliphatic rings. The molecule has 24 heavy (non-hydrogen) atoms. The Hall–Kier alpha value is -2.15. The number of pyridine rings is 1. The molecule has 2 N–H and O–H groups in total. The van der Waals surface area contributed by atoms with Crippen molar-refractivity contribution in [2.75, 3.05) is 6.61 Å². The zero-order valence-corrected chi connectivity index (χ0v) is 13.8. The molecule has 0 spiro atoms. The van der Waals surface area contributed by atoms with E-state index in [0.29, 0.717) is 12.0 Å². The van der Waals surface area contributed by atoms with Crippen molar-refractivity contribution in [1.29, 1.82) is 0 Å². The molecule has 1 aliphatic heterocycles. The number of ether oxygens (including phenoxy) is 1. The average molecular weight is 329 g/mol. The van der Waals surface area contributed by atoms with Gasteiger partial charge in [0.15, 0.2) is 11.5 Å². The Kier molecular flexibility index (Phi) is 4.10. The van der Waals surface area contributed by atoms with Crippen molar-refractivity contribution < 1.29 is 9.53 Å². The van der Waals surface area contributed by atoms with E-state index in [1.807, 2.05) is 35.7 Å². The highest BCUT2D eigenvalue weighted by atomic mass is 16.5. The standard InChI is InChI=1S/C17H23N5O2/c1-11(16-21-20-15-7-2-3-9-22(15)16)18-17(23)19-13-5-4-6-14-12(13)8-10-24-14/h2-3,7,9,11-14H,4-6,8,10H2,1H3,(H2,18,19,23)/t11-,12+,13+,14-/m0/s1. The summed E-state index contributed by atoms with van der Waals surface area (Å²) in [6.07, 6.45) is 6.52. The summed E-state index contributed by atoms with van der Waals surface area (Å²) in [6.45, 7) is 2.74. The maximum Gasteiger partial charge on any atom is 0.315 e. The SMILES string of the molecule is C[C@H](NC(=O)N[C@@H]1CCC[C@@H]2OCC[C@@H]21)c1nnc2ccccn12.